The van der Waals surface area contributed by atoms with Crippen LogP contribution in [0.5, 0.6) is 17.2 Å². The van der Waals surface area contributed by atoms with E-state index >= 15 is 0 Å². The number of aliphatic carboxylic acids is 1. The number of rotatable bonds is 8. The second-order valence-corrected chi connectivity index (χ2v) is 9.39. The van der Waals surface area contributed by atoms with Crippen molar-refractivity contribution in [2.45, 2.75) is 31.7 Å². The standard InChI is InChI=1S/C32H26N2O6/c33-18-21-11-14-25(15-12-21)40-29(23-9-5-2-6-10-23)31(36)34-19-24-13-16-28(35)30(26(24)17-27(34)32(37)38)39-20-22-7-3-1-4-8-22/h1-16,27,29,35H,17,19-20H2,(H,37,38). The maximum atomic E-state index is 14.0. The van der Waals surface area contributed by atoms with Crippen LogP contribution in [0.2, 0.25) is 0 Å². The van der Waals surface area contributed by atoms with Gasteiger partial charge in [0.15, 0.2) is 11.5 Å². The molecule has 0 bridgehead atoms. The summed E-state index contributed by atoms with van der Waals surface area (Å²) in [7, 11) is 0. The highest BCUT2D eigenvalue weighted by Crippen LogP contribution is 2.39. The fraction of sp³-hybridized carbons (Fsp3) is 0.156. The van der Waals surface area contributed by atoms with E-state index in [0.29, 0.717) is 28.0 Å². The normalized spacial score (nSPS) is 14.9. The first-order valence-corrected chi connectivity index (χ1v) is 12.7. The molecule has 2 unspecified atom stereocenters. The lowest BCUT2D eigenvalue weighted by molar-refractivity contribution is -0.155. The molecule has 1 heterocycles. The fourth-order valence-electron chi connectivity index (χ4n) is 4.75. The third kappa shape index (κ3) is 5.59. The van der Waals surface area contributed by atoms with E-state index in [0.717, 1.165) is 5.56 Å². The Morgan fingerprint density at radius 2 is 1.62 bits per heavy atom. The lowest BCUT2D eigenvalue weighted by atomic mass is 9.91. The Labute approximate surface area is 231 Å². The van der Waals surface area contributed by atoms with Crippen LogP contribution >= 0.6 is 0 Å². The Morgan fingerprint density at radius 3 is 2.27 bits per heavy atom. The maximum Gasteiger partial charge on any atom is 0.326 e. The smallest absolute Gasteiger partial charge is 0.326 e. The van der Waals surface area contributed by atoms with E-state index in [9.17, 15) is 19.8 Å². The minimum Gasteiger partial charge on any atom is -0.504 e. The van der Waals surface area contributed by atoms with E-state index in [-0.39, 0.29) is 31.1 Å². The number of phenolic OH excluding ortho intramolecular Hbond substituents is 1. The second kappa shape index (κ2) is 11.6. The molecule has 2 atom stereocenters. The SMILES string of the molecule is N#Cc1ccc(OC(C(=O)N2Cc3ccc(O)c(OCc4ccccc4)c3CC2C(=O)O)c2ccccc2)cc1. The summed E-state index contributed by atoms with van der Waals surface area (Å²) in [6.45, 7) is 0.187. The molecule has 0 fully saturated rings. The summed E-state index contributed by atoms with van der Waals surface area (Å²) in [5.74, 6) is -1.21. The molecule has 4 aromatic rings. The van der Waals surface area contributed by atoms with Crippen LogP contribution < -0.4 is 9.47 Å². The van der Waals surface area contributed by atoms with Crippen molar-refractivity contribution in [1.82, 2.24) is 4.90 Å². The van der Waals surface area contributed by atoms with Crippen LogP contribution in [0.4, 0.5) is 0 Å². The molecular formula is C32H26N2O6. The minimum atomic E-state index is -1.21. The second-order valence-electron chi connectivity index (χ2n) is 9.39. The number of hydrogen-bond acceptors (Lipinski definition) is 6. The Balaban J connectivity index is 1.46. The number of phenols is 1. The molecule has 0 aromatic heterocycles. The largest absolute Gasteiger partial charge is 0.504 e. The summed E-state index contributed by atoms with van der Waals surface area (Å²) >= 11 is 0. The Hall–Kier alpha value is -5.29. The highest BCUT2D eigenvalue weighted by Gasteiger charge is 2.40. The number of nitriles is 1. The lowest BCUT2D eigenvalue weighted by Crippen LogP contribution is -2.51. The van der Waals surface area contributed by atoms with Crippen molar-refractivity contribution in [3.05, 3.63) is 125 Å². The van der Waals surface area contributed by atoms with E-state index in [1.54, 1.807) is 54.6 Å². The minimum absolute atomic E-state index is 0.00677. The number of carbonyl (C=O) groups is 2. The van der Waals surface area contributed by atoms with Gasteiger partial charge in [0.05, 0.1) is 11.6 Å². The summed E-state index contributed by atoms with van der Waals surface area (Å²) < 4.78 is 12.1. The van der Waals surface area contributed by atoms with Crippen LogP contribution in [-0.2, 0) is 29.2 Å². The van der Waals surface area contributed by atoms with Crippen LogP contribution in [0.25, 0.3) is 0 Å². The summed E-state index contributed by atoms with van der Waals surface area (Å²) in [5, 5.41) is 29.9. The molecule has 0 saturated heterocycles. The molecule has 0 aliphatic carbocycles. The first-order valence-electron chi connectivity index (χ1n) is 12.7. The molecule has 0 radical (unpaired) electrons. The molecule has 2 N–H and O–H groups in total. The lowest BCUT2D eigenvalue weighted by Gasteiger charge is -2.37. The van der Waals surface area contributed by atoms with Crippen molar-refractivity contribution in [3.8, 4) is 23.3 Å². The third-order valence-electron chi connectivity index (χ3n) is 6.81. The zero-order valence-corrected chi connectivity index (χ0v) is 21.4. The van der Waals surface area contributed by atoms with Gasteiger partial charge in [0.2, 0.25) is 6.10 Å². The maximum absolute atomic E-state index is 14.0. The zero-order valence-electron chi connectivity index (χ0n) is 21.4. The van der Waals surface area contributed by atoms with Crippen LogP contribution in [-0.4, -0.2) is 33.0 Å². The number of amides is 1. The quantitative estimate of drug-likeness (QED) is 0.326. The number of fused-ring (bicyclic) bond motifs is 1. The predicted molar refractivity (Wildman–Crippen MR) is 146 cm³/mol. The zero-order chi connectivity index (χ0) is 28.1. The van der Waals surface area contributed by atoms with Crippen molar-refractivity contribution in [2.75, 3.05) is 0 Å². The highest BCUT2D eigenvalue weighted by molar-refractivity contribution is 5.88. The van der Waals surface area contributed by atoms with Crippen LogP contribution in [0, 0.1) is 11.3 Å². The highest BCUT2D eigenvalue weighted by atomic mass is 16.5. The molecule has 40 heavy (non-hydrogen) atoms. The molecule has 0 saturated carbocycles. The molecule has 4 aromatic carbocycles. The molecule has 1 aliphatic rings. The molecule has 0 spiro atoms. The Morgan fingerprint density at radius 1 is 0.950 bits per heavy atom. The van der Waals surface area contributed by atoms with Gasteiger partial charge in [-0.1, -0.05) is 66.7 Å². The number of nitrogens with zero attached hydrogens (tertiary/aromatic N) is 2. The van der Waals surface area contributed by atoms with Crippen molar-refractivity contribution in [2.24, 2.45) is 0 Å². The number of aromatic hydroxyl groups is 1. The van der Waals surface area contributed by atoms with Gasteiger partial charge in [-0.3, -0.25) is 4.79 Å². The number of carboxylic acids is 1. The first kappa shape index (κ1) is 26.3. The topological polar surface area (TPSA) is 120 Å². The molecule has 8 nitrogen and oxygen atoms in total. The number of ether oxygens (including phenoxy) is 2. The number of carbonyl (C=O) groups excluding carboxylic acids is 1. The summed E-state index contributed by atoms with van der Waals surface area (Å²) in [6, 6.07) is 28.7. The molecular weight excluding hydrogens is 508 g/mol. The van der Waals surface area contributed by atoms with E-state index < -0.39 is 24.0 Å². The van der Waals surface area contributed by atoms with E-state index in [4.69, 9.17) is 14.7 Å². The summed E-state index contributed by atoms with van der Waals surface area (Å²) in [4.78, 5) is 27.8. The molecule has 200 valence electrons. The third-order valence-corrected chi connectivity index (χ3v) is 6.81. The number of hydrogen-bond donors (Lipinski definition) is 2. The average molecular weight is 535 g/mol. The van der Waals surface area contributed by atoms with E-state index in [2.05, 4.69) is 0 Å². The van der Waals surface area contributed by atoms with Gasteiger partial charge in [-0.25, -0.2) is 4.79 Å². The average Bonchev–Trinajstić information content (AvgIpc) is 2.99. The van der Waals surface area contributed by atoms with Crippen molar-refractivity contribution < 1.29 is 29.3 Å². The van der Waals surface area contributed by atoms with Gasteiger partial charge in [-0.2, -0.15) is 5.26 Å². The monoisotopic (exact) mass is 534 g/mol. The van der Waals surface area contributed by atoms with Crippen molar-refractivity contribution >= 4 is 11.9 Å². The van der Waals surface area contributed by atoms with Gasteiger partial charge in [0.1, 0.15) is 18.4 Å². The summed E-state index contributed by atoms with van der Waals surface area (Å²) in [5.41, 5.74) is 3.13. The van der Waals surface area contributed by atoms with Gasteiger partial charge in [-0.15, -0.1) is 0 Å². The van der Waals surface area contributed by atoms with Crippen LogP contribution in [0.15, 0.2) is 97.1 Å². The molecule has 1 aliphatic heterocycles. The molecule has 1 amide bonds. The molecule has 8 heteroatoms. The van der Waals surface area contributed by atoms with Gasteiger partial charge >= 0.3 is 5.97 Å². The van der Waals surface area contributed by atoms with Gasteiger partial charge in [0, 0.05) is 24.1 Å². The van der Waals surface area contributed by atoms with E-state index in [1.165, 1.54) is 11.0 Å². The fourth-order valence-corrected chi connectivity index (χ4v) is 4.75. The number of carboxylic acid groups (broad SMARTS) is 1. The Kier molecular flexibility index (Phi) is 7.65. The number of benzene rings is 4. The molecule has 5 rings (SSSR count). The predicted octanol–water partition coefficient (Wildman–Crippen LogP) is 5.00. The van der Waals surface area contributed by atoms with Crippen LogP contribution in [0.3, 0.4) is 0 Å². The summed E-state index contributed by atoms with van der Waals surface area (Å²) in [6.07, 6.45) is -1.17. The van der Waals surface area contributed by atoms with Crippen molar-refractivity contribution in [3.63, 3.8) is 0 Å². The van der Waals surface area contributed by atoms with Crippen LogP contribution in [0.1, 0.15) is 33.9 Å². The Bertz CT molecular complexity index is 1550. The van der Waals surface area contributed by atoms with E-state index in [1.807, 2.05) is 42.5 Å². The first-order chi connectivity index (χ1) is 19.4. The van der Waals surface area contributed by atoms with Gasteiger partial charge in [0.25, 0.3) is 5.91 Å². The van der Waals surface area contributed by atoms with Crippen molar-refractivity contribution in [1.29, 1.82) is 5.26 Å². The van der Waals surface area contributed by atoms with Gasteiger partial charge < -0.3 is 24.6 Å². The van der Waals surface area contributed by atoms with Gasteiger partial charge in [-0.05, 0) is 41.5 Å².